The summed E-state index contributed by atoms with van der Waals surface area (Å²) in [5.74, 6) is -0.0894. The molecule has 0 amide bonds. The van der Waals surface area contributed by atoms with Crippen LogP contribution in [-0.4, -0.2) is 26.7 Å². The van der Waals surface area contributed by atoms with Crippen LogP contribution in [0.4, 0.5) is 0 Å². The van der Waals surface area contributed by atoms with Crippen molar-refractivity contribution in [1.82, 2.24) is 0 Å². The third kappa shape index (κ3) is 6.41. The van der Waals surface area contributed by atoms with E-state index in [0.717, 1.165) is 12.0 Å². The molecule has 1 rings (SSSR count). The van der Waals surface area contributed by atoms with Crippen LogP contribution in [0.15, 0.2) is 30.3 Å². The van der Waals surface area contributed by atoms with Crippen LogP contribution in [0.5, 0.6) is 0 Å². The van der Waals surface area contributed by atoms with Crippen molar-refractivity contribution in [2.24, 2.45) is 0 Å². The molecule has 0 radical (unpaired) electrons. The van der Waals surface area contributed by atoms with E-state index in [2.05, 4.69) is 0 Å². The van der Waals surface area contributed by atoms with Crippen molar-refractivity contribution >= 4 is 10.1 Å². The van der Waals surface area contributed by atoms with Gasteiger partial charge in [0.1, 0.15) is 5.75 Å². The number of aliphatic hydroxyl groups is 1. The van der Waals surface area contributed by atoms with Crippen LogP contribution in [0.3, 0.4) is 0 Å². The van der Waals surface area contributed by atoms with Gasteiger partial charge >= 0.3 is 0 Å². The van der Waals surface area contributed by atoms with Crippen LogP contribution in [-0.2, 0) is 20.1 Å². The van der Waals surface area contributed by atoms with Gasteiger partial charge in [-0.3, -0.25) is 4.18 Å². The fourth-order valence-corrected chi connectivity index (χ4v) is 2.45. The predicted molar refractivity (Wildman–Crippen MR) is 66.0 cm³/mol. The highest BCUT2D eigenvalue weighted by Crippen LogP contribution is 2.08. The van der Waals surface area contributed by atoms with Crippen molar-refractivity contribution in [1.29, 1.82) is 0 Å². The second-order valence-corrected chi connectivity index (χ2v) is 5.43. The summed E-state index contributed by atoms with van der Waals surface area (Å²) in [6.45, 7) is 0.325. The first-order chi connectivity index (χ1) is 8.14. The Morgan fingerprint density at radius 2 is 1.76 bits per heavy atom. The number of hydrogen-bond acceptors (Lipinski definition) is 4. The topological polar surface area (TPSA) is 63.6 Å². The highest BCUT2D eigenvalue weighted by Gasteiger charge is 2.11. The van der Waals surface area contributed by atoms with E-state index in [-0.39, 0.29) is 19.0 Å². The number of hydrogen-bond donors (Lipinski definition) is 1. The molecule has 0 atom stereocenters. The molecule has 0 aromatic heterocycles. The lowest BCUT2D eigenvalue weighted by Crippen LogP contribution is -2.10. The Bertz CT molecular complexity index is 400. The van der Waals surface area contributed by atoms with Gasteiger partial charge in [-0.05, 0) is 24.8 Å². The van der Waals surface area contributed by atoms with Crippen molar-refractivity contribution in [3.63, 3.8) is 0 Å². The molecule has 17 heavy (non-hydrogen) atoms. The van der Waals surface area contributed by atoms with Crippen molar-refractivity contribution < 1.29 is 17.7 Å². The zero-order valence-electron chi connectivity index (χ0n) is 9.71. The molecule has 0 aliphatic carbocycles. The van der Waals surface area contributed by atoms with Crippen LogP contribution >= 0.6 is 0 Å². The molecule has 0 saturated heterocycles. The molecular formula is C12H18O4S. The van der Waals surface area contributed by atoms with Gasteiger partial charge in [-0.2, -0.15) is 8.42 Å². The Kier molecular flexibility index (Phi) is 6.18. The molecule has 96 valence electrons. The van der Waals surface area contributed by atoms with Crippen molar-refractivity contribution in [2.75, 3.05) is 13.2 Å². The molecule has 0 fully saturated rings. The van der Waals surface area contributed by atoms with E-state index >= 15 is 0 Å². The minimum absolute atomic E-state index is 0.0894. The molecule has 0 saturated carbocycles. The van der Waals surface area contributed by atoms with Gasteiger partial charge in [-0.25, -0.2) is 0 Å². The average Bonchev–Trinajstić information content (AvgIpc) is 2.29. The van der Waals surface area contributed by atoms with E-state index in [1.165, 1.54) is 0 Å². The molecule has 0 aliphatic heterocycles. The minimum Gasteiger partial charge on any atom is -0.396 e. The molecule has 1 aromatic carbocycles. The molecule has 0 heterocycles. The Hall–Kier alpha value is -0.910. The third-order valence-electron chi connectivity index (χ3n) is 2.25. The molecule has 4 nitrogen and oxygen atoms in total. The average molecular weight is 258 g/mol. The van der Waals surface area contributed by atoms with Gasteiger partial charge in [0.25, 0.3) is 10.1 Å². The van der Waals surface area contributed by atoms with Crippen molar-refractivity contribution in [3.05, 3.63) is 35.9 Å². The Morgan fingerprint density at radius 3 is 2.41 bits per heavy atom. The first-order valence-corrected chi connectivity index (χ1v) is 7.24. The summed E-state index contributed by atoms with van der Waals surface area (Å²) < 4.78 is 28.0. The van der Waals surface area contributed by atoms with E-state index in [1.807, 2.05) is 6.07 Å². The molecule has 1 N–H and O–H groups in total. The van der Waals surface area contributed by atoms with E-state index in [1.54, 1.807) is 24.3 Å². The first kappa shape index (κ1) is 14.2. The Morgan fingerprint density at radius 1 is 1.06 bits per heavy atom. The fraction of sp³-hybridized carbons (Fsp3) is 0.500. The zero-order chi connectivity index (χ0) is 12.6. The molecule has 5 heteroatoms. The molecule has 0 spiro atoms. The molecule has 0 bridgehead atoms. The van der Waals surface area contributed by atoms with Crippen molar-refractivity contribution in [3.8, 4) is 0 Å². The highest BCUT2D eigenvalue weighted by molar-refractivity contribution is 7.85. The van der Waals surface area contributed by atoms with E-state index < -0.39 is 10.1 Å². The Labute approximate surface area is 102 Å². The van der Waals surface area contributed by atoms with Gasteiger partial charge in [0.15, 0.2) is 0 Å². The molecule has 0 unspecified atom stereocenters. The number of aliphatic hydroxyl groups excluding tert-OH is 1. The summed E-state index contributed by atoms with van der Waals surface area (Å²) >= 11 is 0. The van der Waals surface area contributed by atoms with Crippen LogP contribution in [0.1, 0.15) is 24.8 Å². The lowest BCUT2D eigenvalue weighted by atomic mass is 10.2. The minimum atomic E-state index is -3.48. The van der Waals surface area contributed by atoms with Gasteiger partial charge in [0, 0.05) is 6.61 Å². The third-order valence-corrected chi connectivity index (χ3v) is 3.46. The summed E-state index contributed by atoms with van der Waals surface area (Å²) in [5, 5.41) is 8.56. The summed E-state index contributed by atoms with van der Waals surface area (Å²) in [4.78, 5) is 0. The summed E-state index contributed by atoms with van der Waals surface area (Å²) in [6.07, 6.45) is 2.11. The number of unbranched alkanes of at least 4 members (excludes halogenated alkanes) is 2. The van der Waals surface area contributed by atoms with Gasteiger partial charge in [-0.15, -0.1) is 0 Å². The first-order valence-electron chi connectivity index (χ1n) is 5.66. The summed E-state index contributed by atoms with van der Waals surface area (Å²) in [7, 11) is -3.48. The van der Waals surface area contributed by atoms with Gasteiger partial charge in [0.05, 0.1) is 6.61 Å². The van der Waals surface area contributed by atoms with Crippen LogP contribution in [0.2, 0.25) is 0 Å². The smallest absolute Gasteiger partial charge is 0.271 e. The SMILES string of the molecule is O=S(=O)(Cc1ccccc1)OCCCCCO. The quantitative estimate of drug-likeness (QED) is 0.569. The summed E-state index contributed by atoms with van der Waals surface area (Å²) in [5.41, 5.74) is 0.725. The van der Waals surface area contributed by atoms with Crippen molar-refractivity contribution in [2.45, 2.75) is 25.0 Å². The number of rotatable bonds is 8. The highest BCUT2D eigenvalue weighted by atomic mass is 32.2. The van der Waals surface area contributed by atoms with E-state index in [0.29, 0.717) is 12.8 Å². The van der Waals surface area contributed by atoms with Crippen LogP contribution in [0.25, 0.3) is 0 Å². The van der Waals surface area contributed by atoms with Gasteiger partial charge in [0.2, 0.25) is 0 Å². The zero-order valence-corrected chi connectivity index (χ0v) is 10.5. The second-order valence-electron chi connectivity index (χ2n) is 3.79. The second kappa shape index (κ2) is 7.42. The van der Waals surface area contributed by atoms with E-state index in [9.17, 15) is 8.42 Å². The standard InChI is InChI=1S/C12H18O4S/c13-9-5-2-6-10-16-17(14,15)11-12-7-3-1-4-8-12/h1,3-4,7-8,13H,2,5-6,9-11H2. The van der Waals surface area contributed by atoms with Crippen LogP contribution < -0.4 is 0 Å². The van der Waals surface area contributed by atoms with Crippen LogP contribution in [0, 0.1) is 0 Å². The lowest BCUT2D eigenvalue weighted by Gasteiger charge is -2.05. The molecule has 0 aliphatic rings. The normalized spacial score (nSPS) is 11.6. The predicted octanol–water partition coefficient (Wildman–Crippen LogP) is 1.70. The maximum Gasteiger partial charge on any atom is 0.271 e. The maximum atomic E-state index is 11.6. The van der Waals surface area contributed by atoms with Gasteiger partial charge in [-0.1, -0.05) is 30.3 Å². The molecular weight excluding hydrogens is 240 g/mol. The number of benzene rings is 1. The Balaban J connectivity index is 2.32. The largest absolute Gasteiger partial charge is 0.396 e. The molecule has 1 aromatic rings. The lowest BCUT2D eigenvalue weighted by molar-refractivity contribution is 0.267. The monoisotopic (exact) mass is 258 g/mol. The fourth-order valence-electron chi connectivity index (χ4n) is 1.40. The van der Waals surface area contributed by atoms with E-state index in [4.69, 9.17) is 9.29 Å². The van der Waals surface area contributed by atoms with Gasteiger partial charge < -0.3 is 5.11 Å². The maximum absolute atomic E-state index is 11.6. The summed E-state index contributed by atoms with van der Waals surface area (Å²) in [6, 6.07) is 8.95.